The number of β-lactam (4-membered cyclic amide) rings is 1. The molecule has 16 heteroatoms. The number of benzene rings is 3. The van der Waals surface area contributed by atoms with Crippen molar-refractivity contribution in [3.63, 3.8) is 0 Å². The van der Waals surface area contributed by atoms with Gasteiger partial charge >= 0.3 is 17.9 Å². The average Bonchev–Trinajstić information content (AvgIpc) is 3.36. The van der Waals surface area contributed by atoms with E-state index in [-0.39, 0.29) is 28.8 Å². The van der Waals surface area contributed by atoms with Crippen molar-refractivity contribution >= 4 is 52.6 Å². The van der Waals surface area contributed by atoms with Gasteiger partial charge in [0.05, 0.1) is 19.0 Å². The molecule has 0 saturated carbocycles. The van der Waals surface area contributed by atoms with Crippen LogP contribution < -0.4 is 26.7 Å². The van der Waals surface area contributed by atoms with Crippen molar-refractivity contribution < 1.29 is 43.0 Å². The van der Waals surface area contributed by atoms with Crippen molar-refractivity contribution in [2.75, 3.05) is 7.11 Å². The first-order valence-corrected chi connectivity index (χ1v) is 16.1. The van der Waals surface area contributed by atoms with Crippen molar-refractivity contribution in [1.29, 1.82) is 0 Å². The number of carbonyl (C=O) groups excluding carboxylic acids is 4. The molecule has 2 unspecified atom stereocenters. The first-order valence-electron chi connectivity index (χ1n) is 15.2. The normalized spacial score (nSPS) is 19.5. The number of nitrogens with one attached hydrogen (secondary N) is 2. The van der Waals surface area contributed by atoms with E-state index >= 15 is 0 Å². The second-order valence-corrected chi connectivity index (χ2v) is 13.8. The Bertz CT molecular complexity index is 2150. The predicted octanol–water partition coefficient (Wildman–Crippen LogP) is 2.25. The van der Waals surface area contributed by atoms with Gasteiger partial charge in [-0.25, -0.2) is 19.0 Å². The SMILES string of the molecule is COC(=O)Oc1cccc2c(=O)n(Cc3ccc(C(=O)N[C@@H](C(=O)N[C@@H]4C(=O)N5C4SC(C)(C)C5C(=O)O)c4ccccc4)cc3)c(=O)oc12. The lowest BCUT2D eigenvalue weighted by Gasteiger charge is -2.44. The molecule has 3 amide bonds. The summed E-state index contributed by atoms with van der Waals surface area (Å²) in [5, 5.41) is 14.5. The van der Waals surface area contributed by atoms with E-state index in [1.807, 2.05) is 0 Å². The van der Waals surface area contributed by atoms with Gasteiger partial charge in [-0.3, -0.25) is 19.2 Å². The van der Waals surface area contributed by atoms with Gasteiger partial charge in [-0.15, -0.1) is 11.8 Å². The molecule has 2 aliphatic heterocycles. The Hall–Kier alpha value is -5.90. The number of thioether (sulfide) groups is 1. The Kier molecular flexibility index (Phi) is 8.96. The molecule has 2 aliphatic rings. The minimum absolute atomic E-state index is 0.0134. The van der Waals surface area contributed by atoms with Crippen LogP contribution in [0, 0.1) is 0 Å². The number of aromatic nitrogens is 1. The highest BCUT2D eigenvalue weighted by atomic mass is 32.2. The van der Waals surface area contributed by atoms with E-state index in [4.69, 9.17) is 9.15 Å². The average molecular weight is 703 g/mol. The molecule has 4 atom stereocenters. The third-order valence-corrected chi connectivity index (χ3v) is 10.00. The van der Waals surface area contributed by atoms with E-state index in [2.05, 4.69) is 15.4 Å². The summed E-state index contributed by atoms with van der Waals surface area (Å²) in [5.74, 6) is -4.09. The van der Waals surface area contributed by atoms with Gasteiger partial charge in [-0.05, 0) is 49.2 Å². The Morgan fingerprint density at radius 2 is 1.68 bits per heavy atom. The molecule has 0 aliphatic carbocycles. The molecule has 6 rings (SSSR count). The lowest BCUT2D eigenvalue weighted by molar-refractivity contribution is -0.161. The lowest BCUT2D eigenvalue weighted by Crippen LogP contribution is -2.71. The molecule has 15 nitrogen and oxygen atoms in total. The van der Waals surface area contributed by atoms with E-state index < -0.39 is 69.4 Å². The molecule has 2 fully saturated rings. The molecule has 3 N–H and O–H groups in total. The Balaban J connectivity index is 1.18. The summed E-state index contributed by atoms with van der Waals surface area (Å²) in [5.41, 5.74) is 0.162. The van der Waals surface area contributed by atoms with E-state index in [1.165, 1.54) is 59.1 Å². The number of para-hydroxylation sites is 1. The second kappa shape index (κ2) is 13.2. The summed E-state index contributed by atoms with van der Waals surface area (Å²) in [6.45, 7) is 3.25. The fourth-order valence-electron chi connectivity index (χ4n) is 5.99. The van der Waals surface area contributed by atoms with Gasteiger partial charge in [0.15, 0.2) is 11.3 Å². The zero-order chi connectivity index (χ0) is 35.9. The van der Waals surface area contributed by atoms with Crippen LogP contribution in [0.15, 0.2) is 86.8 Å². The number of carboxylic acid groups (broad SMARTS) is 1. The number of nitrogens with zero attached hydrogens (tertiary/aromatic N) is 2. The molecule has 1 aromatic heterocycles. The van der Waals surface area contributed by atoms with Crippen LogP contribution in [-0.4, -0.2) is 73.7 Å². The molecule has 0 bridgehead atoms. The van der Waals surface area contributed by atoms with Gasteiger partial charge < -0.3 is 34.5 Å². The summed E-state index contributed by atoms with van der Waals surface area (Å²) in [6.07, 6.45) is -1.06. The van der Waals surface area contributed by atoms with E-state index in [1.54, 1.807) is 44.2 Å². The van der Waals surface area contributed by atoms with E-state index in [0.717, 1.165) is 11.7 Å². The third kappa shape index (κ3) is 6.20. The van der Waals surface area contributed by atoms with Gasteiger partial charge in [-0.2, -0.15) is 0 Å². The molecule has 3 aromatic carbocycles. The predicted molar refractivity (Wildman–Crippen MR) is 178 cm³/mol. The largest absolute Gasteiger partial charge is 0.513 e. The van der Waals surface area contributed by atoms with Gasteiger partial charge in [0.1, 0.15) is 23.5 Å². The Labute approximate surface area is 287 Å². The number of hydrogen-bond donors (Lipinski definition) is 3. The van der Waals surface area contributed by atoms with Crippen LogP contribution in [-0.2, 0) is 25.7 Å². The number of aliphatic carboxylic acids is 1. The highest BCUT2D eigenvalue weighted by Crippen LogP contribution is 2.50. The van der Waals surface area contributed by atoms with Gasteiger partial charge in [0.2, 0.25) is 11.8 Å². The van der Waals surface area contributed by atoms with Crippen LogP contribution in [0.4, 0.5) is 4.79 Å². The monoisotopic (exact) mass is 702 g/mol. The van der Waals surface area contributed by atoms with Gasteiger partial charge in [0.25, 0.3) is 11.5 Å². The minimum atomic E-state index is -1.20. The number of amides is 3. The number of rotatable bonds is 9. The van der Waals surface area contributed by atoms with Crippen molar-refractivity contribution in [2.24, 2.45) is 0 Å². The molecule has 50 heavy (non-hydrogen) atoms. The number of hydrogen-bond acceptors (Lipinski definition) is 11. The van der Waals surface area contributed by atoms with Crippen molar-refractivity contribution in [3.05, 3.63) is 110 Å². The molecule has 0 radical (unpaired) electrons. The topological polar surface area (TPSA) is 204 Å². The highest BCUT2D eigenvalue weighted by molar-refractivity contribution is 8.01. The summed E-state index contributed by atoms with van der Waals surface area (Å²) in [4.78, 5) is 90.7. The van der Waals surface area contributed by atoms with Crippen LogP contribution in [0.2, 0.25) is 0 Å². The van der Waals surface area contributed by atoms with Crippen LogP contribution in [0.1, 0.15) is 41.4 Å². The van der Waals surface area contributed by atoms with E-state index in [0.29, 0.717) is 11.1 Å². The molecular weight excluding hydrogens is 672 g/mol. The quantitative estimate of drug-likeness (QED) is 0.131. The van der Waals surface area contributed by atoms with Gasteiger partial charge in [-0.1, -0.05) is 48.5 Å². The Morgan fingerprint density at radius 3 is 2.34 bits per heavy atom. The van der Waals surface area contributed by atoms with Crippen molar-refractivity contribution in [2.45, 2.75) is 48.6 Å². The summed E-state index contributed by atoms with van der Waals surface area (Å²) >= 11 is 1.29. The maximum Gasteiger partial charge on any atom is 0.513 e. The fourth-order valence-corrected chi connectivity index (χ4v) is 7.62. The zero-order valence-corrected chi connectivity index (χ0v) is 27.6. The third-order valence-electron chi connectivity index (χ3n) is 8.42. The van der Waals surface area contributed by atoms with Crippen LogP contribution in [0.25, 0.3) is 11.0 Å². The molecule has 4 aromatic rings. The van der Waals surface area contributed by atoms with Crippen LogP contribution >= 0.6 is 11.8 Å². The molecular formula is C34H30N4O11S. The maximum absolute atomic E-state index is 13.6. The first kappa shape index (κ1) is 34.0. The fraction of sp³-hybridized carbons (Fsp3) is 0.265. The molecule has 3 heterocycles. The minimum Gasteiger partial charge on any atom is -0.480 e. The number of carbonyl (C=O) groups is 5. The molecule has 0 spiro atoms. The van der Waals surface area contributed by atoms with Crippen LogP contribution in [0.3, 0.4) is 0 Å². The maximum atomic E-state index is 13.6. The van der Waals surface area contributed by atoms with Gasteiger partial charge in [0, 0.05) is 10.3 Å². The molecule has 2 saturated heterocycles. The lowest BCUT2D eigenvalue weighted by atomic mass is 9.95. The summed E-state index contributed by atoms with van der Waals surface area (Å²) < 4.78 is 14.8. The smallest absolute Gasteiger partial charge is 0.480 e. The molecule has 258 valence electrons. The zero-order valence-electron chi connectivity index (χ0n) is 26.8. The number of ether oxygens (including phenoxy) is 2. The van der Waals surface area contributed by atoms with Crippen LogP contribution in [0.5, 0.6) is 5.75 Å². The van der Waals surface area contributed by atoms with E-state index in [9.17, 15) is 38.7 Å². The summed E-state index contributed by atoms with van der Waals surface area (Å²) in [6, 6.07) is 15.4. The Morgan fingerprint density at radius 1 is 0.980 bits per heavy atom. The van der Waals surface area contributed by atoms with Crippen molar-refractivity contribution in [3.8, 4) is 5.75 Å². The summed E-state index contributed by atoms with van der Waals surface area (Å²) in [7, 11) is 1.10. The number of carboxylic acids is 1. The second-order valence-electron chi connectivity index (χ2n) is 12.0. The van der Waals surface area contributed by atoms with Crippen molar-refractivity contribution in [1.82, 2.24) is 20.1 Å². The highest BCUT2D eigenvalue weighted by Gasteiger charge is 2.64. The first-order chi connectivity index (χ1) is 23.8. The number of methoxy groups -OCH3 is 1. The standard InChI is InChI=1S/C34H30N4O11S/c1-34(2)25(31(43)44)38-29(42)23(30(38)50-34)36-27(40)22(18-8-5-4-6-9-18)35-26(39)19-14-12-17(13-15-19)16-37-28(41)20-10-7-11-21(48-33(46)47-3)24(20)49-32(37)45/h4-15,22-23,25,30H,16H2,1-3H3,(H,35,39)(H,36,40)(H,43,44)/t22-,23-,25?,30?/m1/s1. The number of fused-ring (bicyclic) bond motifs is 2.